The standard InChI is InChI=1S/C28H31NO2/c1-20(22-13-15-24(16-14-22)28(2,3)4)29-27(30)26(23-9-7-6-8-10-23)19-21-11-17-25(31-5)18-12-21/h6-20H,1-5H3,(H,29,30)/b26-19+/t20-/m0/s1. The van der Waals surface area contributed by atoms with Crippen molar-refractivity contribution >= 4 is 17.6 Å². The summed E-state index contributed by atoms with van der Waals surface area (Å²) in [6.07, 6.45) is 1.92. The molecule has 0 saturated heterocycles. The first-order valence-electron chi connectivity index (χ1n) is 10.6. The smallest absolute Gasteiger partial charge is 0.252 e. The maximum atomic E-state index is 13.3. The monoisotopic (exact) mass is 413 g/mol. The maximum absolute atomic E-state index is 13.3. The van der Waals surface area contributed by atoms with Crippen LogP contribution in [-0.4, -0.2) is 13.0 Å². The summed E-state index contributed by atoms with van der Waals surface area (Å²) in [5, 5.41) is 3.16. The van der Waals surface area contributed by atoms with Crippen LogP contribution in [0.5, 0.6) is 5.75 Å². The molecule has 0 radical (unpaired) electrons. The molecule has 0 aromatic heterocycles. The van der Waals surface area contributed by atoms with Gasteiger partial charge in [-0.15, -0.1) is 0 Å². The molecule has 1 atom stereocenters. The van der Waals surface area contributed by atoms with E-state index in [4.69, 9.17) is 4.74 Å². The summed E-state index contributed by atoms with van der Waals surface area (Å²) in [6, 6.07) is 25.8. The van der Waals surface area contributed by atoms with Crippen LogP contribution in [0.3, 0.4) is 0 Å². The number of methoxy groups -OCH3 is 1. The highest BCUT2D eigenvalue weighted by Crippen LogP contribution is 2.25. The Balaban J connectivity index is 1.85. The molecule has 0 saturated carbocycles. The number of amides is 1. The number of rotatable bonds is 6. The summed E-state index contributed by atoms with van der Waals surface area (Å²) < 4.78 is 5.24. The summed E-state index contributed by atoms with van der Waals surface area (Å²) in [7, 11) is 1.64. The topological polar surface area (TPSA) is 38.3 Å². The zero-order valence-electron chi connectivity index (χ0n) is 19.0. The molecule has 3 aromatic rings. The van der Waals surface area contributed by atoms with Crippen molar-refractivity contribution in [3.8, 4) is 5.75 Å². The molecule has 3 aromatic carbocycles. The van der Waals surface area contributed by atoms with Gasteiger partial charge in [-0.05, 0) is 52.8 Å². The maximum Gasteiger partial charge on any atom is 0.252 e. The van der Waals surface area contributed by atoms with Crippen molar-refractivity contribution < 1.29 is 9.53 Å². The molecule has 0 heterocycles. The lowest BCUT2D eigenvalue weighted by Crippen LogP contribution is -2.27. The number of hydrogen-bond acceptors (Lipinski definition) is 2. The van der Waals surface area contributed by atoms with E-state index in [9.17, 15) is 4.79 Å². The SMILES string of the molecule is COc1ccc(/C=C(/C(=O)N[C@@H](C)c2ccc(C(C)(C)C)cc2)c2ccccc2)cc1. The van der Waals surface area contributed by atoms with Crippen molar-refractivity contribution in [3.05, 3.63) is 101 Å². The molecule has 0 fully saturated rings. The van der Waals surface area contributed by atoms with Crippen LogP contribution in [-0.2, 0) is 10.2 Å². The third-order valence-electron chi connectivity index (χ3n) is 5.38. The molecule has 160 valence electrons. The zero-order valence-corrected chi connectivity index (χ0v) is 19.0. The lowest BCUT2D eigenvalue weighted by atomic mass is 9.86. The number of ether oxygens (including phenoxy) is 1. The number of hydrogen-bond donors (Lipinski definition) is 1. The molecule has 0 spiro atoms. The van der Waals surface area contributed by atoms with Gasteiger partial charge in [-0.1, -0.05) is 87.5 Å². The molecule has 3 rings (SSSR count). The van der Waals surface area contributed by atoms with E-state index in [0.717, 1.165) is 22.4 Å². The second-order valence-electron chi connectivity index (χ2n) is 8.76. The Kier molecular flexibility index (Phi) is 6.96. The van der Waals surface area contributed by atoms with Crippen molar-refractivity contribution in [1.82, 2.24) is 5.32 Å². The Hall–Kier alpha value is -3.33. The van der Waals surface area contributed by atoms with Crippen LogP contribution < -0.4 is 10.1 Å². The van der Waals surface area contributed by atoms with Crippen LogP contribution >= 0.6 is 0 Å². The van der Waals surface area contributed by atoms with E-state index in [1.165, 1.54) is 5.56 Å². The lowest BCUT2D eigenvalue weighted by molar-refractivity contribution is -0.116. The van der Waals surface area contributed by atoms with Gasteiger partial charge in [-0.25, -0.2) is 0 Å². The summed E-state index contributed by atoms with van der Waals surface area (Å²) >= 11 is 0. The van der Waals surface area contributed by atoms with Crippen LogP contribution in [0.1, 0.15) is 56.0 Å². The van der Waals surface area contributed by atoms with Gasteiger partial charge in [0.1, 0.15) is 5.75 Å². The molecule has 3 nitrogen and oxygen atoms in total. The van der Waals surface area contributed by atoms with Crippen LogP contribution in [0.2, 0.25) is 0 Å². The largest absolute Gasteiger partial charge is 0.497 e. The van der Waals surface area contributed by atoms with Gasteiger partial charge in [-0.2, -0.15) is 0 Å². The van der Waals surface area contributed by atoms with Gasteiger partial charge in [0.25, 0.3) is 5.91 Å². The van der Waals surface area contributed by atoms with Crippen molar-refractivity contribution in [2.24, 2.45) is 0 Å². The number of nitrogens with one attached hydrogen (secondary N) is 1. The van der Waals surface area contributed by atoms with E-state index < -0.39 is 0 Å². The van der Waals surface area contributed by atoms with Crippen LogP contribution in [0.25, 0.3) is 11.6 Å². The summed E-state index contributed by atoms with van der Waals surface area (Å²) in [5.74, 6) is 0.685. The second-order valence-corrected chi connectivity index (χ2v) is 8.76. The van der Waals surface area contributed by atoms with Crippen molar-refractivity contribution in [1.29, 1.82) is 0 Å². The van der Waals surface area contributed by atoms with Gasteiger partial charge in [0.2, 0.25) is 0 Å². The van der Waals surface area contributed by atoms with Gasteiger partial charge in [0.05, 0.1) is 13.2 Å². The molecular formula is C28H31NO2. The van der Waals surface area contributed by atoms with E-state index in [-0.39, 0.29) is 17.4 Å². The summed E-state index contributed by atoms with van der Waals surface area (Å²) in [6.45, 7) is 8.61. The Morgan fingerprint density at radius 3 is 2.06 bits per heavy atom. The Morgan fingerprint density at radius 2 is 1.52 bits per heavy atom. The normalized spacial score (nSPS) is 12.9. The quantitative estimate of drug-likeness (QED) is 0.374. The molecule has 0 bridgehead atoms. The number of carbonyl (C=O) groups is 1. The predicted octanol–water partition coefficient (Wildman–Crippen LogP) is 6.41. The first kappa shape index (κ1) is 22.4. The minimum absolute atomic E-state index is 0.102. The van der Waals surface area contributed by atoms with Gasteiger partial charge >= 0.3 is 0 Å². The van der Waals surface area contributed by atoms with E-state index in [1.54, 1.807) is 7.11 Å². The predicted molar refractivity (Wildman–Crippen MR) is 129 cm³/mol. The Labute approximate surface area is 185 Å². The molecule has 0 aliphatic carbocycles. The molecule has 0 aliphatic heterocycles. The van der Waals surface area contributed by atoms with Crippen molar-refractivity contribution in [3.63, 3.8) is 0 Å². The molecule has 1 N–H and O–H groups in total. The molecule has 0 unspecified atom stereocenters. The first-order valence-corrected chi connectivity index (χ1v) is 10.6. The molecule has 3 heteroatoms. The van der Waals surface area contributed by atoms with E-state index >= 15 is 0 Å². The molecule has 1 amide bonds. The highest BCUT2D eigenvalue weighted by molar-refractivity contribution is 6.24. The van der Waals surface area contributed by atoms with Crippen LogP contribution in [0.4, 0.5) is 0 Å². The highest BCUT2D eigenvalue weighted by Gasteiger charge is 2.17. The first-order chi connectivity index (χ1) is 14.8. The van der Waals surface area contributed by atoms with Gasteiger partial charge in [-0.3, -0.25) is 4.79 Å². The van der Waals surface area contributed by atoms with E-state index in [2.05, 4.69) is 50.4 Å². The van der Waals surface area contributed by atoms with Crippen LogP contribution in [0, 0.1) is 0 Å². The van der Waals surface area contributed by atoms with Gasteiger partial charge < -0.3 is 10.1 Å². The Morgan fingerprint density at radius 1 is 0.903 bits per heavy atom. The second kappa shape index (κ2) is 9.65. The fraction of sp³-hybridized carbons (Fsp3) is 0.250. The number of benzene rings is 3. The zero-order chi connectivity index (χ0) is 22.4. The number of carbonyl (C=O) groups excluding carboxylic acids is 1. The van der Waals surface area contributed by atoms with E-state index in [1.807, 2.05) is 67.6 Å². The molecule has 0 aliphatic rings. The third-order valence-corrected chi connectivity index (χ3v) is 5.38. The van der Waals surface area contributed by atoms with Crippen LogP contribution in [0.15, 0.2) is 78.9 Å². The minimum atomic E-state index is -0.107. The molecular weight excluding hydrogens is 382 g/mol. The lowest BCUT2D eigenvalue weighted by Gasteiger charge is -2.21. The third kappa shape index (κ3) is 5.85. The van der Waals surface area contributed by atoms with Crippen molar-refractivity contribution in [2.45, 2.75) is 39.2 Å². The fourth-order valence-corrected chi connectivity index (χ4v) is 3.39. The van der Waals surface area contributed by atoms with Gasteiger partial charge in [0, 0.05) is 5.57 Å². The molecule has 31 heavy (non-hydrogen) atoms. The van der Waals surface area contributed by atoms with E-state index in [0.29, 0.717) is 5.57 Å². The van der Waals surface area contributed by atoms with Gasteiger partial charge in [0.15, 0.2) is 0 Å². The average molecular weight is 414 g/mol. The average Bonchev–Trinajstić information content (AvgIpc) is 2.78. The summed E-state index contributed by atoms with van der Waals surface area (Å²) in [5.41, 5.74) is 4.91. The Bertz CT molecular complexity index is 1030. The minimum Gasteiger partial charge on any atom is -0.497 e. The van der Waals surface area contributed by atoms with Crippen molar-refractivity contribution in [2.75, 3.05) is 7.11 Å². The summed E-state index contributed by atoms with van der Waals surface area (Å²) in [4.78, 5) is 13.3. The highest BCUT2D eigenvalue weighted by atomic mass is 16.5. The fourth-order valence-electron chi connectivity index (χ4n) is 3.39.